The van der Waals surface area contributed by atoms with Gasteiger partial charge >= 0.3 is 18.3 Å². The molecule has 0 radical (unpaired) electrons. The molecule has 17 heteroatoms. The number of carbonyl (C=O) groups excluding carboxylic acids is 2. The largest absolute Gasteiger partial charge is 0.508 e. The second-order valence-electron chi connectivity index (χ2n) is 15.9. The molecule has 6 rings (SSSR count). The van der Waals surface area contributed by atoms with E-state index in [-0.39, 0.29) is 50.2 Å². The Morgan fingerprint density at radius 1 is 0.917 bits per heavy atom. The fraction of sp³-hybridized carbons (Fsp3) is 0.535. The molecular formula is C43H50F6N4O7. The molecule has 1 aromatic heterocycles. The van der Waals surface area contributed by atoms with E-state index in [2.05, 4.69) is 10.2 Å². The number of para-hydroxylation sites is 1. The van der Waals surface area contributed by atoms with E-state index in [0.717, 1.165) is 42.8 Å². The zero-order chi connectivity index (χ0) is 43.9. The summed E-state index contributed by atoms with van der Waals surface area (Å²) in [5.41, 5.74) is -3.73. The van der Waals surface area contributed by atoms with Crippen LogP contribution in [0.15, 0.2) is 72.0 Å². The highest BCUT2D eigenvalue weighted by atomic mass is 19.4. The number of piperidine rings is 2. The molecular weight excluding hydrogens is 798 g/mol. The van der Waals surface area contributed by atoms with Gasteiger partial charge in [-0.25, -0.2) is 0 Å². The molecule has 3 atom stereocenters. The lowest BCUT2D eigenvalue weighted by Gasteiger charge is -2.44. The molecule has 3 fully saturated rings. The van der Waals surface area contributed by atoms with E-state index in [1.807, 2.05) is 13.8 Å². The fourth-order valence-corrected chi connectivity index (χ4v) is 8.47. The summed E-state index contributed by atoms with van der Waals surface area (Å²) < 4.78 is 83.1. The molecule has 3 aliphatic rings. The Kier molecular flexibility index (Phi) is 14.5. The number of aromatic hydroxyl groups is 1. The maximum atomic E-state index is 14.1. The van der Waals surface area contributed by atoms with E-state index in [9.17, 15) is 50.7 Å². The Morgan fingerprint density at radius 2 is 1.58 bits per heavy atom. The average Bonchev–Trinajstić information content (AvgIpc) is 3.20. The van der Waals surface area contributed by atoms with E-state index >= 15 is 0 Å². The molecule has 3 heterocycles. The van der Waals surface area contributed by atoms with Crippen LogP contribution in [0, 0.1) is 16.2 Å². The van der Waals surface area contributed by atoms with Crippen LogP contribution in [0.1, 0.15) is 112 Å². The molecule has 1 aliphatic carbocycles. The summed E-state index contributed by atoms with van der Waals surface area (Å²) in [6.45, 7) is 4.49. The quantitative estimate of drug-likeness (QED) is 0.135. The van der Waals surface area contributed by atoms with Crippen molar-refractivity contribution in [2.45, 2.75) is 115 Å². The number of hydrogen-bond donors (Lipinski definition) is 2. The van der Waals surface area contributed by atoms with Crippen LogP contribution in [0.2, 0.25) is 0 Å². The van der Waals surface area contributed by atoms with Crippen LogP contribution in [-0.4, -0.2) is 74.6 Å². The van der Waals surface area contributed by atoms with E-state index in [4.69, 9.17) is 9.84 Å². The molecule has 3 unspecified atom stereocenters. The predicted octanol–water partition coefficient (Wildman–Crippen LogP) is 9.62. The van der Waals surface area contributed by atoms with Crippen LogP contribution in [0.3, 0.4) is 0 Å². The van der Waals surface area contributed by atoms with E-state index in [1.54, 1.807) is 29.2 Å². The number of carbonyl (C=O) groups is 3. The van der Waals surface area contributed by atoms with Gasteiger partial charge in [0.05, 0.1) is 28.6 Å². The molecule has 0 spiro atoms. The van der Waals surface area contributed by atoms with Crippen molar-refractivity contribution in [2.24, 2.45) is 16.5 Å². The summed E-state index contributed by atoms with van der Waals surface area (Å²) in [7, 11) is 0. The molecule has 0 bridgehead atoms. The monoisotopic (exact) mass is 848 g/mol. The van der Waals surface area contributed by atoms with Gasteiger partial charge in [0.15, 0.2) is 0 Å². The van der Waals surface area contributed by atoms with Crippen molar-refractivity contribution >= 4 is 17.8 Å². The van der Waals surface area contributed by atoms with Crippen molar-refractivity contribution in [3.63, 3.8) is 0 Å². The highest BCUT2D eigenvalue weighted by molar-refractivity contribution is 5.95. The Bertz CT molecular complexity index is 1960. The van der Waals surface area contributed by atoms with Crippen molar-refractivity contribution < 1.29 is 55.7 Å². The lowest BCUT2D eigenvalue weighted by molar-refractivity contribution is -0.155. The second-order valence-corrected chi connectivity index (χ2v) is 15.9. The third kappa shape index (κ3) is 10.4. The maximum Gasteiger partial charge on any atom is 0.418 e. The summed E-state index contributed by atoms with van der Waals surface area (Å²) in [5.74, 6) is -2.05. The molecule has 60 heavy (non-hydrogen) atoms. The van der Waals surface area contributed by atoms with Crippen molar-refractivity contribution in [1.82, 2.24) is 14.8 Å². The number of aliphatic carboxylic acids is 1. The van der Waals surface area contributed by atoms with Gasteiger partial charge in [0.2, 0.25) is 5.91 Å². The molecule has 11 nitrogen and oxygen atoms in total. The summed E-state index contributed by atoms with van der Waals surface area (Å²) in [5, 5.41) is 22.0. The second kappa shape index (κ2) is 19.0. The number of nitrogens with zero attached hydrogens (tertiary/aromatic N) is 4. The van der Waals surface area contributed by atoms with Gasteiger partial charge in [0.1, 0.15) is 22.7 Å². The molecule has 326 valence electrons. The van der Waals surface area contributed by atoms with E-state index in [0.29, 0.717) is 62.7 Å². The van der Waals surface area contributed by atoms with Crippen molar-refractivity contribution in [3.8, 4) is 11.5 Å². The number of carboxylic acids is 1. The number of amides is 2. The lowest BCUT2D eigenvalue weighted by Crippen LogP contribution is -2.55. The van der Waals surface area contributed by atoms with Crippen LogP contribution in [-0.2, 0) is 27.5 Å². The number of likely N-dealkylation sites (tertiary alicyclic amines) is 2. The van der Waals surface area contributed by atoms with Gasteiger partial charge in [-0.1, -0.05) is 43.1 Å². The number of alkyl halides is 6. The third-order valence-electron chi connectivity index (χ3n) is 12.0. The number of carboxylic acid groups (broad SMARTS) is 1. The number of phenols is 1. The zero-order valence-corrected chi connectivity index (χ0v) is 33.5. The summed E-state index contributed by atoms with van der Waals surface area (Å²) in [6, 6.07) is 12.3. The number of halogens is 6. The van der Waals surface area contributed by atoms with Gasteiger partial charge in [-0.2, -0.15) is 26.3 Å². The minimum absolute atomic E-state index is 0.169. The van der Waals surface area contributed by atoms with Gasteiger partial charge in [-0.3, -0.25) is 19.4 Å². The molecule has 2 aliphatic heterocycles. The number of nitroso groups, excluding NO2 is 1. The van der Waals surface area contributed by atoms with Crippen molar-refractivity contribution in [2.75, 3.05) is 19.6 Å². The molecule has 2 N–H and O–H groups in total. The maximum absolute atomic E-state index is 14.1. The number of phenolic OH excluding ortho intramolecular Hbond substituents is 1. The number of ether oxygens (including phenoxy) is 1. The SMILES string of the molecule is CCCC1C(C(=O)N2CCC(N=O)(c3ccccc3OC(C)CCC3(C(=O)O)CCC3)CC2)CCCN1C(=O)c1ncccc1C(F)(F)F.Oc1ccc(C(F)(F)F)cc1. The highest BCUT2D eigenvalue weighted by Crippen LogP contribution is 2.46. The number of rotatable bonds is 12. The molecule has 2 aromatic carbocycles. The van der Waals surface area contributed by atoms with Gasteiger partial charge in [-0.05, 0) is 107 Å². The summed E-state index contributed by atoms with van der Waals surface area (Å²) in [6.07, 6.45) is -2.41. The Balaban J connectivity index is 0.000000538. The first-order valence-electron chi connectivity index (χ1n) is 20.2. The molecule has 1 saturated carbocycles. The van der Waals surface area contributed by atoms with Crippen molar-refractivity contribution in [3.05, 3.63) is 94.2 Å². The van der Waals surface area contributed by atoms with Crippen LogP contribution in [0.5, 0.6) is 11.5 Å². The molecule has 3 aromatic rings. The Morgan fingerprint density at radius 3 is 2.15 bits per heavy atom. The third-order valence-corrected chi connectivity index (χ3v) is 12.0. The summed E-state index contributed by atoms with van der Waals surface area (Å²) in [4.78, 5) is 58.9. The minimum Gasteiger partial charge on any atom is -0.508 e. The van der Waals surface area contributed by atoms with Gasteiger partial charge < -0.3 is 24.7 Å². The predicted molar refractivity (Wildman–Crippen MR) is 208 cm³/mol. The smallest absolute Gasteiger partial charge is 0.418 e. The number of benzene rings is 2. The molecule has 2 saturated heterocycles. The first-order chi connectivity index (χ1) is 28.4. The molecule has 2 amide bonds. The first-order valence-corrected chi connectivity index (χ1v) is 20.2. The van der Waals surface area contributed by atoms with E-state index in [1.165, 1.54) is 11.1 Å². The van der Waals surface area contributed by atoms with Gasteiger partial charge in [0.25, 0.3) is 5.91 Å². The van der Waals surface area contributed by atoms with Crippen molar-refractivity contribution in [1.29, 1.82) is 0 Å². The van der Waals surface area contributed by atoms with Crippen LogP contribution < -0.4 is 4.74 Å². The van der Waals surface area contributed by atoms with Crippen LogP contribution in [0.4, 0.5) is 26.3 Å². The zero-order valence-electron chi connectivity index (χ0n) is 33.5. The average molecular weight is 849 g/mol. The fourth-order valence-electron chi connectivity index (χ4n) is 8.47. The van der Waals surface area contributed by atoms with E-state index < -0.39 is 64.0 Å². The number of pyridine rings is 1. The summed E-state index contributed by atoms with van der Waals surface area (Å²) >= 11 is 0. The van der Waals surface area contributed by atoms with Gasteiger partial charge in [-0.15, -0.1) is 4.91 Å². The highest BCUT2D eigenvalue weighted by Gasteiger charge is 2.47. The van der Waals surface area contributed by atoms with Crippen LogP contribution >= 0.6 is 0 Å². The number of hydrogen-bond acceptors (Lipinski definition) is 8. The van der Waals surface area contributed by atoms with Crippen LogP contribution in [0.25, 0.3) is 0 Å². The standard InChI is InChI=1S/C36H45F3N4O6.C7H5F3O/c1-3-9-28-25(10-7-21-43(28)32(45)30-27(36(37,38)39)12-6-20-40-30)31(44)42-22-18-35(41-48,19-23-42)26-11-4-5-13-29(26)49-24(2)14-17-34(33(46)47)15-8-16-34;8-7(9,10)5-1-3-6(11)4-2-5/h4-6,11-13,20,24-25,28H,3,7-10,14-19,21-23H2,1-2H3,(H,46,47);1-4,11H. The normalized spacial score (nSPS) is 20.5. The van der Waals surface area contributed by atoms with Gasteiger partial charge in [0, 0.05) is 37.4 Å². The number of aromatic nitrogens is 1. The first kappa shape index (κ1) is 45.9. The Labute approximate surface area is 344 Å². The lowest BCUT2D eigenvalue weighted by atomic mass is 9.66. The minimum atomic E-state index is -4.75. The Hall–Kier alpha value is -5.22. The topological polar surface area (TPSA) is 150 Å².